The normalized spacial score (nSPS) is 16.9. The van der Waals surface area contributed by atoms with E-state index in [1.165, 1.54) is 0 Å². The number of hydrogen-bond donors (Lipinski definition) is 0. The summed E-state index contributed by atoms with van der Waals surface area (Å²) in [4.78, 5) is 19.9. The number of ether oxygens (including phenoxy) is 1. The van der Waals surface area contributed by atoms with Crippen LogP contribution in [0.5, 0.6) is 0 Å². The maximum absolute atomic E-state index is 13.3. The van der Waals surface area contributed by atoms with Crippen molar-refractivity contribution in [3.05, 3.63) is 57.2 Å². The van der Waals surface area contributed by atoms with Crippen molar-refractivity contribution in [1.82, 2.24) is 4.98 Å². The van der Waals surface area contributed by atoms with E-state index in [1.54, 1.807) is 16.2 Å². The van der Waals surface area contributed by atoms with Gasteiger partial charge in [0.15, 0.2) is 5.13 Å². The lowest BCUT2D eigenvalue weighted by molar-refractivity contribution is 0.0916. The number of hydrogen-bond acceptors (Lipinski definition) is 4. The molecule has 6 heteroatoms. The van der Waals surface area contributed by atoms with Crippen LogP contribution in [0, 0.1) is 10.5 Å². The summed E-state index contributed by atoms with van der Waals surface area (Å²) in [5, 5.41) is 0.745. The first-order valence-corrected chi connectivity index (χ1v) is 10.6. The molecule has 2 heterocycles. The van der Waals surface area contributed by atoms with E-state index in [-0.39, 0.29) is 12.0 Å². The van der Waals surface area contributed by atoms with Gasteiger partial charge in [-0.05, 0) is 66.1 Å². The van der Waals surface area contributed by atoms with Gasteiger partial charge >= 0.3 is 0 Å². The van der Waals surface area contributed by atoms with Gasteiger partial charge in [0.2, 0.25) is 0 Å². The van der Waals surface area contributed by atoms with Crippen LogP contribution in [0.4, 0.5) is 5.13 Å². The third-order valence-electron chi connectivity index (χ3n) is 4.60. The monoisotopic (exact) mass is 478 g/mol. The van der Waals surface area contributed by atoms with E-state index in [0.29, 0.717) is 12.1 Å². The average molecular weight is 478 g/mol. The van der Waals surface area contributed by atoms with E-state index in [1.807, 2.05) is 30.3 Å². The molecule has 1 amide bonds. The van der Waals surface area contributed by atoms with E-state index in [4.69, 9.17) is 9.72 Å². The van der Waals surface area contributed by atoms with Gasteiger partial charge < -0.3 is 4.74 Å². The van der Waals surface area contributed by atoms with Crippen molar-refractivity contribution in [2.45, 2.75) is 25.9 Å². The molecule has 0 N–H and O–H groups in total. The van der Waals surface area contributed by atoms with Gasteiger partial charge in [0.1, 0.15) is 0 Å². The Balaban J connectivity index is 1.75. The van der Waals surface area contributed by atoms with Crippen molar-refractivity contribution < 1.29 is 9.53 Å². The summed E-state index contributed by atoms with van der Waals surface area (Å²) in [6.07, 6.45) is 2.11. The molecule has 2 aromatic carbocycles. The number of para-hydroxylation sites is 1. The lowest BCUT2D eigenvalue weighted by atomic mass is 10.2. The molecule has 26 heavy (non-hydrogen) atoms. The molecule has 0 aliphatic carbocycles. The van der Waals surface area contributed by atoms with Gasteiger partial charge in [0, 0.05) is 10.2 Å². The fourth-order valence-corrected chi connectivity index (χ4v) is 4.88. The lowest BCUT2D eigenvalue weighted by Gasteiger charge is -2.23. The molecule has 1 aromatic heterocycles. The van der Waals surface area contributed by atoms with Gasteiger partial charge in [0.05, 0.1) is 28.4 Å². The van der Waals surface area contributed by atoms with Gasteiger partial charge in [-0.15, -0.1) is 0 Å². The van der Waals surface area contributed by atoms with E-state index in [9.17, 15) is 4.79 Å². The van der Waals surface area contributed by atoms with Crippen LogP contribution in [0.25, 0.3) is 10.2 Å². The number of carbonyl (C=O) groups is 1. The zero-order valence-electron chi connectivity index (χ0n) is 14.4. The molecule has 3 aromatic rings. The zero-order valence-corrected chi connectivity index (χ0v) is 17.4. The molecule has 0 saturated carbocycles. The summed E-state index contributed by atoms with van der Waals surface area (Å²) < 4.78 is 7.85. The summed E-state index contributed by atoms with van der Waals surface area (Å²) >= 11 is 3.78. The third kappa shape index (κ3) is 3.50. The van der Waals surface area contributed by atoms with Crippen LogP contribution in [0.1, 0.15) is 28.8 Å². The number of anilines is 1. The number of aromatic nitrogens is 1. The molecule has 1 aliphatic heterocycles. The van der Waals surface area contributed by atoms with Crippen molar-refractivity contribution >= 4 is 55.2 Å². The number of benzene rings is 2. The van der Waals surface area contributed by atoms with E-state index in [0.717, 1.165) is 43.9 Å². The molecular weight excluding hydrogens is 459 g/mol. The number of nitrogens with zero attached hydrogens (tertiary/aromatic N) is 2. The molecule has 0 bridgehead atoms. The Labute approximate surface area is 170 Å². The highest BCUT2D eigenvalue weighted by atomic mass is 127. The number of fused-ring (bicyclic) bond motifs is 1. The molecule has 1 aliphatic rings. The topological polar surface area (TPSA) is 42.4 Å². The minimum absolute atomic E-state index is 0.0118. The summed E-state index contributed by atoms with van der Waals surface area (Å²) in [5.41, 5.74) is 2.81. The van der Waals surface area contributed by atoms with Crippen molar-refractivity contribution in [1.29, 1.82) is 0 Å². The highest BCUT2D eigenvalue weighted by molar-refractivity contribution is 14.1. The second-order valence-corrected chi connectivity index (χ2v) is 8.62. The molecule has 1 unspecified atom stereocenters. The van der Waals surface area contributed by atoms with Gasteiger partial charge in [-0.25, -0.2) is 4.98 Å². The van der Waals surface area contributed by atoms with Crippen molar-refractivity contribution in [3.63, 3.8) is 0 Å². The van der Waals surface area contributed by atoms with E-state index < -0.39 is 0 Å². The minimum atomic E-state index is -0.0118. The Morgan fingerprint density at radius 1 is 1.31 bits per heavy atom. The molecule has 134 valence electrons. The average Bonchev–Trinajstić information content (AvgIpc) is 3.29. The smallest absolute Gasteiger partial charge is 0.261 e. The van der Waals surface area contributed by atoms with Gasteiger partial charge in [-0.2, -0.15) is 0 Å². The van der Waals surface area contributed by atoms with E-state index in [2.05, 4.69) is 41.6 Å². The first-order valence-electron chi connectivity index (χ1n) is 8.67. The van der Waals surface area contributed by atoms with Crippen LogP contribution >= 0.6 is 33.9 Å². The van der Waals surface area contributed by atoms with Crippen LogP contribution < -0.4 is 4.90 Å². The van der Waals surface area contributed by atoms with Crippen molar-refractivity contribution in [2.24, 2.45) is 0 Å². The summed E-state index contributed by atoms with van der Waals surface area (Å²) in [6, 6.07) is 13.8. The minimum Gasteiger partial charge on any atom is -0.376 e. The van der Waals surface area contributed by atoms with E-state index >= 15 is 0 Å². The number of thiazole rings is 1. The standard InChI is InChI=1S/C20H19IN2O2S/c1-13-6-4-10-17-18(13)22-20(26-17)23(12-14-7-5-11-25-14)19(24)15-8-2-3-9-16(15)21/h2-4,6,8-10,14H,5,7,11-12H2,1H3. The summed E-state index contributed by atoms with van der Waals surface area (Å²) in [6.45, 7) is 3.37. The summed E-state index contributed by atoms with van der Waals surface area (Å²) in [7, 11) is 0. The molecule has 0 radical (unpaired) electrons. The maximum atomic E-state index is 13.3. The molecule has 4 nitrogen and oxygen atoms in total. The number of aryl methyl sites for hydroxylation is 1. The van der Waals surface area contributed by atoms with Crippen LogP contribution in [0.15, 0.2) is 42.5 Å². The Bertz CT molecular complexity index is 950. The molecule has 1 fully saturated rings. The Morgan fingerprint density at radius 2 is 2.15 bits per heavy atom. The highest BCUT2D eigenvalue weighted by Gasteiger charge is 2.28. The third-order valence-corrected chi connectivity index (χ3v) is 6.58. The van der Waals surface area contributed by atoms with Crippen LogP contribution in [-0.2, 0) is 4.74 Å². The van der Waals surface area contributed by atoms with Crippen LogP contribution in [0.3, 0.4) is 0 Å². The highest BCUT2D eigenvalue weighted by Crippen LogP contribution is 2.32. The van der Waals surface area contributed by atoms with Crippen LogP contribution in [-0.4, -0.2) is 30.1 Å². The SMILES string of the molecule is Cc1cccc2sc(N(CC3CCCO3)C(=O)c3ccccc3I)nc12. The van der Waals surface area contributed by atoms with Crippen LogP contribution in [0.2, 0.25) is 0 Å². The largest absolute Gasteiger partial charge is 0.376 e. The number of halogens is 1. The first-order chi connectivity index (χ1) is 12.6. The lowest BCUT2D eigenvalue weighted by Crippen LogP contribution is -2.37. The fourth-order valence-electron chi connectivity index (χ4n) is 3.21. The fraction of sp³-hybridized carbons (Fsp3) is 0.300. The van der Waals surface area contributed by atoms with Gasteiger partial charge in [0.25, 0.3) is 5.91 Å². The Morgan fingerprint density at radius 3 is 2.88 bits per heavy atom. The summed E-state index contributed by atoms with van der Waals surface area (Å²) in [5.74, 6) is -0.0118. The zero-order chi connectivity index (χ0) is 18.1. The van der Waals surface area contributed by atoms with Gasteiger partial charge in [-0.3, -0.25) is 9.69 Å². The maximum Gasteiger partial charge on any atom is 0.261 e. The second-order valence-electron chi connectivity index (χ2n) is 6.45. The van der Waals surface area contributed by atoms with Crippen molar-refractivity contribution in [3.8, 4) is 0 Å². The predicted octanol–water partition coefficient (Wildman–Crippen LogP) is 5.04. The quantitative estimate of drug-likeness (QED) is 0.494. The second kappa shape index (κ2) is 7.62. The molecule has 1 atom stereocenters. The Hall–Kier alpha value is -1.51. The predicted molar refractivity (Wildman–Crippen MR) is 114 cm³/mol. The molecule has 1 saturated heterocycles. The molecular formula is C20H19IN2O2S. The first kappa shape index (κ1) is 17.9. The molecule has 0 spiro atoms. The van der Waals surface area contributed by atoms with Crippen molar-refractivity contribution in [2.75, 3.05) is 18.1 Å². The Kier molecular flexibility index (Phi) is 5.24. The van der Waals surface area contributed by atoms with Gasteiger partial charge in [-0.1, -0.05) is 35.6 Å². The number of amides is 1. The number of rotatable bonds is 4. The molecule has 4 rings (SSSR count). The number of carbonyl (C=O) groups excluding carboxylic acids is 1.